The Labute approximate surface area is 112 Å². The Morgan fingerprint density at radius 2 is 2.05 bits per heavy atom. The maximum atomic E-state index is 9.13. The number of benzene rings is 1. The fourth-order valence-electron chi connectivity index (χ4n) is 1.87. The highest BCUT2D eigenvalue weighted by Crippen LogP contribution is 2.29. The van der Waals surface area contributed by atoms with Crippen LogP contribution in [-0.2, 0) is 0 Å². The first-order valence-corrected chi connectivity index (χ1v) is 6.14. The Bertz CT molecular complexity index is 861. The van der Waals surface area contributed by atoms with E-state index in [-0.39, 0.29) is 11.4 Å². The third-order valence-corrected chi connectivity index (χ3v) is 3.55. The van der Waals surface area contributed by atoms with Crippen molar-refractivity contribution in [3.05, 3.63) is 35.4 Å². The molecule has 0 fully saturated rings. The second-order valence-electron chi connectivity index (χ2n) is 3.73. The van der Waals surface area contributed by atoms with Gasteiger partial charge in [-0.25, -0.2) is 9.97 Å². The van der Waals surface area contributed by atoms with E-state index in [0.717, 1.165) is 4.70 Å². The Morgan fingerprint density at radius 1 is 1.21 bits per heavy atom. The van der Waals surface area contributed by atoms with Crippen molar-refractivity contribution in [2.24, 2.45) is 0 Å². The van der Waals surface area contributed by atoms with E-state index in [4.69, 9.17) is 16.3 Å². The minimum absolute atomic E-state index is 0.0836. The molecule has 1 aromatic carbocycles. The van der Waals surface area contributed by atoms with Crippen LogP contribution in [0.15, 0.2) is 24.0 Å². The van der Waals surface area contributed by atoms with Crippen molar-refractivity contribution in [3.8, 4) is 17.8 Å². The zero-order valence-corrected chi connectivity index (χ0v) is 10.3. The van der Waals surface area contributed by atoms with Crippen LogP contribution in [0.25, 0.3) is 15.9 Å². The molecule has 0 aliphatic heterocycles. The molecule has 0 bridgehead atoms. The van der Waals surface area contributed by atoms with Crippen molar-refractivity contribution in [1.29, 1.82) is 10.5 Å². The van der Waals surface area contributed by atoms with E-state index >= 15 is 0 Å². The number of rotatable bonds is 1. The van der Waals surface area contributed by atoms with Crippen LogP contribution in [0, 0.1) is 22.7 Å². The van der Waals surface area contributed by atoms with Gasteiger partial charge in [0.15, 0.2) is 11.4 Å². The minimum Gasteiger partial charge on any atom is -0.395 e. The third-order valence-electron chi connectivity index (χ3n) is 2.76. The molecule has 2 N–H and O–H groups in total. The largest absolute Gasteiger partial charge is 0.395 e. The molecule has 0 radical (unpaired) electrons. The summed E-state index contributed by atoms with van der Waals surface area (Å²) >= 11 is 1.49. The lowest BCUT2D eigenvalue weighted by atomic mass is 10.2. The predicted molar refractivity (Wildman–Crippen MR) is 70.6 cm³/mol. The van der Waals surface area contributed by atoms with Gasteiger partial charge in [-0.15, -0.1) is 11.3 Å². The number of hydrogen-bond donors (Lipinski definition) is 1. The maximum absolute atomic E-state index is 9.13. The third kappa shape index (κ3) is 1.53. The van der Waals surface area contributed by atoms with Crippen LogP contribution in [0.4, 0.5) is 5.69 Å². The monoisotopic (exact) mass is 266 g/mol. The van der Waals surface area contributed by atoms with Crippen LogP contribution in [0.2, 0.25) is 0 Å². The number of nitriles is 2. The highest BCUT2D eigenvalue weighted by Gasteiger charge is 2.15. The Morgan fingerprint density at radius 3 is 2.79 bits per heavy atom. The number of imidazole rings is 1. The summed E-state index contributed by atoms with van der Waals surface area (Å²) < 4.78 is 2.48. The van der Waals surface area contributed by atoms with Crippen LogP contribution in [0.5, 0.6) is 0 Å². The molecule has 0 aliphatic rings. The van der Waals surface area contributed by atoms with Crippen molar-refractivity contribution < 1.29 is 0 Å². The van der Waals surface area contributed by atoms with Gasteiger partial charge in [0.1, 0.15) is 24.0 Å². The van der Waals surface area contributed by atoms with Gasteiger partial charge in [0, 0.05) is 0 Å². The topological polar surface area (TPSA) is 104 Å². The summed E-state index contributed by atoms with van der Waals surface area (Å²) in [6.45, 7) is 0. The van der Waals surface area contributed by atoms with Crippen molar-refractivity contribution >= 4 is 27.2 Å². The Balaban J connectivity index is 2.31. The Hall–Kier alpha value is -2.90. The van der Waals surface area contributed by atoms with Crippen molar-refractivity contribution in [1.82, 2.24) is 14.5 Å². The summed E-state index contributed by atoms with van der Waals surface area (Å²) in [6.07, 6.45) is 1.42. The van der Waals surface area contributed by atoms with E-state index in [1.165, 1.54) is 22.2 Å². The fourth-order valence-corrected chi connectivity index (χ4v) is 2.56. The quantitative estimate of drug-likeness (QED) is 0.676. The highest BCUT2D eigenvalue weighted by atomic mass is 32.1. The van der Waals surface area contributed by atoms with Gasteiger partial charge in [-0.1, -0.05) is 0 Å². The zero-order chi connectivity index (χ0) is 13.4. The van der Waals surface area contributed by atoms with Crippen molar-refractivity contribution in [3.63, 3.8) is 0 Å². The van der Waals surface area contributed by atoms with Crippen molar-refractivity contribution in [2.75, 3.05) is 5.73 Å². The summed E-state index contributed by atoms with van der Waals surface area (Å²) in [5, 5.41) is 18.0. The van der Waals surface area contributed by atoms with E-state index in [2.05, 4.69) is 9.97 Å². The van der Waals surface area contributed by atoms with Gasteiger partial charge in [-0.2, -0.15) is 10.5 Å². The van der Waals surface area contributed by atoms with Gasteiger partial charge < -0.3 is 5.73 Å². The number of thiazole rings is 1. The molecule has 3 aromatic rings. The summed E-state index contributed by atoms with van der Waals surface area (Å²) in [6, 6.07) is 7.52. The second-order valence-corrected chi connectivity index (χ2v) is 4.62. The second kappa shape index (κ2) is 4.09. The molecule has 7 heteroatoms. The summed E-state index contributed by atoms with van der Waals surface area (Å²) in [7, 11) is 0. The summed E-state index contributed by atoms with van der Waals surface area (Å²) in [4.78, 5) is 8.10. The minimum atomic E-state index is 0.0836. The molecular formula is C12H6N6S. The van der Waals surface area contributed by atoms with Crippen LogP contribution < -0.4 is 5.73 Å². The molecular weight excluding hydrogens is 260 g/mol. The molecule has 0 spiro atoms. The van der Waals surface area contributed by atoms with E-state index in [9.17, 15) is 0 Å². The van der Waals surface area contributed by atoms with Gasteiger partial charge in [-0.05, 0) is 12.1 Å². The molecule has 2 aromatic heterocycles. The van der Waals surface area contributed by atoms with Gasteiger partial charge in [0.25, 0.3) is 0 Å². The number of hydrogen-bond acceptors (Lipinski definition) is 6. The standard InChI is InChI=1S/C12H6N6S/c13-3-7-9(4-14)18(5-16-7)8-1-2-10-12(11(8)15)17-6-19-10/h1-2,5-6H,15H2. The summed E-state index contributed by atoms with van der Waals surface area (Å²) in [5.74, 6) is 0. The SMILES string of the molecule is N#Cc1ncn(-c2ccc3scnc3c2N)c1C#N. The first-order chi connectivity index (χ1) is 9.26. The molecule has 0 amide bonds. The fraction of sp³-hybridized carbons (Fsp3) is 0. The number of nitrogen functional groups attached to an aromatic ring is 1. The average Bonchev–Trinajstić information content (AvgIpc) is 3.04. The molecule has 0 saturated heterocycles. The van der Waals surface area contributed by atoms with Crippen LogP contribution in [0.3, 0.4) is 0 Å². The van der Waals surface area contributed by atoms with Gasteiger partial charge in [0.05, 0.1) is 21.6 Å². The average molecular weight is 266 g/mol. The number of nitrogens with zero attached hydrogens (tertiary/aromatic N) is 5. The molecule has 0 saturated carbocycles. The lowest BCUT2D eigenvalue weighted by molar-refractivity contribution is 1.04. The number of nitrogens with two attached hydrogens (primary N) is 1. The van der Waals surface area contributed by atoms with Gasteiger partial charge in [0.2, 0.25) is 0 Å². The first-order valence-electron chi connectivity index (χ1n) is 5.26. The zero-order valence-electron chi connectivity index (χ0n) is 9.53. The lowest BCUT2D eigenvalue weighted by Gasteiger charge is -2.07. The molecule has 3 rings (SSSR count). The van der Waals surface area contributed by atoms with E-state index in [0.29, 0.717) is 16.9 Å². The number of fused-ring (bicyclic) bond motifs is 1. The van der Waals surface area contributed by atoms with Crippen LogP contribution >= 0.6 is 11.3 Å². The molecule has 90 valence electrons. The Kier molecular flexibility index (Phi) is 2.41. The number of aromatic nitrogens is 3. The molecule has 6 nitrogen and oxygen atoms in total. The molecule has 0 atom stereocenters. The van der Waals surface area contributed by atoms with Crippen molar-refractivity contribution in [2.45, 2.75) is 0 Å². The first kappa shape index (κ1) is 11.2. The van der Waals surface area contributed by atoms with E-state index in [1.807, 2.05) is 18.2 Å². The van der Waals surface area contributed by atoms with E-state index in [1.54, 1.807) is 11.6 Å². The molecule has 19 heavy (non-hydrogen) atoms. The predicted octanol–water partition coefficient (Wildman–Crippen LogP) is 1.81. The lowest BCUT2D eigenvalue weighted by Crippen LogP contribution is -2.02. The van der Waals surface area contributed by atoms with Crippen LogP contribution in [0.1, 0.15) is 11.4 Å². The van der Waals surface area contributed by atoms with Crippen LogP contribution in [-0.4, -0.2) is 14.5 Å². The van der Waals surface area contributed by atoms with Gasteiger partial charge >= 0.3 is 0 Å². The molecule has 2 heterocycles. The number of anilines is 1. The normalized spacial score (nSPS) is 10.2. The molecule has 0 unspecified atom stereocenters. The maximum Gasteiger partial charge on any atom is 0.177 e. The van der Waals surface area contributed by atoms with E-state index < -0.39 is 0 Å². The highest BCUT2D eigenvalue weighted by molar-refractivity contribution is 7.16. The molecule has 0 aliphatic carbocycles. The van der Waals surface area contributed by atoms with Gasteiger partial charge in [-0.3, -0.25) is 4.57 Å². The summed E-state index contributed by atoms with van der Waals surface area (Å²) in [5.41, 5.74) is 9.80. The smallest absolute Gasteiger partial charge is 0.177 e.